The molecule has 1 aliphatic rings. The highest BCUT2D eigenvalue weighted by molar-refractivity contribution is 5.94. The summed E-state index contributed by atoms with van der Waals surface area (Å²) in [6.45, 7) is 2.66. The maximum Gasteiger partial charge on any atom is 0.324 e. The van der Waals surface area contributed by atoms with Crippen molar-refractivity contribution in [1.29, 1.82) is 0 Å². The Bertz CT molecular complexity index is 787. The van der Waals surface area contributed by atoms with Gasteiger partial charge in [0.1, 0.15) is 5.82 Å². The maximum absolute atomic E-state index is 12.9. The van der Waals surface area contributed by atoms with Crippen LogP contribution in [0.3, 0.4) is 0 Å². The molecule has 1 aliphatic heterocycles. The van der Waals surface area contributed by atoms with Crippen LogP contribution in [0.2, 0.25) is 0 Å². The van der Waals surface area contributed by atoms with E-state index in [1.807, 2.05) is 24.3 Å². The van der Waals surface area contributed by atoms with E-state index in [9.17, 15) is 14.0 Å². The van der Waals surface area contributed by atoms with E-state index in [4.69, 9.17) is 4.74 Å². The summed E-state index contributed by atoms with van der Waals surface area (Å²) in [7, 11) is 1.74. The molecular formula is C20H22FN3O3. The highest BCUT2D eigenvalue weighted by atomic mass is 19.1. The highest BCUT2D eigenvalue weighted by Crippen LogP contribution is 2.16. The third kappa shape index (κ3) is 4.83. The van der Waals surface area contributed by atoms with Gasteiger partial charge in [0.05, 0.1) is 13.2 Å². The molecule has 1 N–H and O–H groups in total. The van der Waals surface area contributed by atoms with Crippen molar-refractivity contribution in [2.75, 3.05) is 38.3 Å². The maximum atomic E-state index is 12.9. The monoisotopic (exact) mass is 371 g/mol. The van der Waals surface area contributed by atoms with Crippen LogP contribution >= 0.6 is 0 Å². The predicted octanol–water partition coefficient (Wildman–Crippen LogP) is 2.64. The number of benzene rings is 2. The Morgan fingerprint density at radius 1 is 1.07 bits per heavy atom. The lowest BCUT2D eigenvalue weighted by Crippen LogP contribution is -2.47. The Morgan fingerprint density at radius 2 is 1.70 bits per heavy atom. The first-order valence-corrected chi connectivity index (χ1v) is 8.77. The number of halogens is 1. The molecule has 1 heterocycles. The van der Waals surface area contributed by atoms with Gasteiger partial charge in [-0.15, -0.1) is 0 Å². The Kier molecular flexibility index (Phi) is 6.03. The van der Waals surface area contributed by atoms with E-state index in [2.05, 4.69) is 5.32 Å². The fourth-order valence-electron chi connectivity index (χ4n) is 2.80. The molecule has 0 saturated carbocycles. The number of morpholine rings is 1. The number of anilines is 1. The molecule has 0 aliphatic carbocycles. The summed E-state index contributed by atoms with van der Waals surface area (Å²) < 4.78 is 18.2. The molecule has 1 saturated heterocycles. The van der Waals surface area contributed by atoms with Gasteiger partial charge in [0.25, 0.3) is 5.91 Å². The molecule has 0 atom stereocenters. The van der Waals surface area contributed by atoms with E-state index in [0.717, 1.165) is 11.3 Å². The molecule has 6 nitrogen and oxygen atoms in total. The molecule has 2 aromatic rings. The number of nitrogens with zero attached hydrogens (tertiary/aromatic N) is 2. The molecule has 0 unspecified atom stereocenters. The number of ether oxygens (including phenoxy) is 1. The Morgan fingerprint density at radius 3 is 2.33 bits per heavy atom. The number of carbonyl (C=O) groups is 2. The molecule has 3 rings (SSSR count). The Labute approximate surface area is 157 Å². The molecule has 142 valence electrons. The molecule has 1 fully saturated rings. The van der Waals surface area contributed by atoms with E-state index in [-0.39, 0.29) is 17.8 Å². The van der Waals surface area contributed by atoms with Crippen LogP contribution in [0.1, 0.15) is 15.9 Å². The van der Waals surface area contributed by atoms with E-state index in [1.54, 1.807) is 16.8 Å². The van der Waals surface area contributed by atoms with E-state index in [0.29, 0.717) is 38.4 Å². The standard InChI is InChI=1S/C20H22FN3O3/c1-23(20(26)24-10-12-27-13-11-24)18-8-2-15(3-9-18)14-22-19(25)16-4-6-17(21)7-5-16/h2-9H,10-14H2,1H3,(H,22,25). The van der Waals surface area contributed by atoms with Gasteiger partial charge in [-0.25, -0.2) is 9.18 Å². The molecule has 0 radical (unpaired) electrons. The van der Waals surface area contributed by atoms with Gasteiger partial charge in [0, 0.05) is 37.9 Å². The zero-order chi connectivity index (χ0) is 19.2. The SMILES string of the molecule is CN(C(=O)N1CCOCC1)c1ccc(CNC(=O)c2ccc(F)cc2)cc1. The van der Waals surface area contributed by atoms with E-state index < -0.39 is 0 Å². The smallest absolute Gasteiger partial charge is 0.324 e. The van der Waals surface area contributed by atoms with Crippen LogP contribution in [-0.2, 0) is 11.3 Å². The number of rotatable bonds is 4. The van der Waals surface area contributed by atoms with Crippen LogP contribution in [-0.4, -0.2) is 50.2 Å². The second-order valence-electron chi connectivity index (χ2n) is 6.30. The normalized spacial score (nSPS) is 13.9. The molecule has 0 spiro atoms. The molecule has 3 amide bonds. The molecule has 0 bridgehead atoms. The van der Waals surface area contributed by atoms with Crippen molar-refractivity contribution in [3.8, 4) is 0 Å². The minimum Gasteiger partial charge on any atom is -0.378 e. The van der Waals surface area contributed by atoms with Gasteiger partial charge < -0.3 is 15.0 Å². The summed E-state index contributed by atoms with van der Waals surface area (Å²) >= 11 is 0. The Balaban J connectivity index is 1.55. The van der Waals surface area contributed by atoms with Crippen molar-refractivity contribution in [2.24, 2.45) is 0 Å². The van der Waals surface area contributed by atoms with Crippen LogP contribution in [0.5, 0.6) is 0 Å². The largest absolute Gasteiger partial charge is 0.378 e. The summed E-state index contributed by atoms with van der Waals surface area (Å²) in [5.74, 6) is -0.642. The minimum absolute atomic E-state index is 0.0596. The predicted molar refractivity (Wildman–Crippen MR) is 100 cm³/mol. The van der Waals surface area contributed by atoms with Crippen LogP contribution in [0.25, 0.3) is 0 Å². The van der Waals surface area contributed by atoms with Crippen LogP contribution < -0.4 is 10.2 Å². The summed E-state index contributed by atoms with van der Waals surface area (Å²) in [6.07, 6.45) is 0. The van der Waals surface area contributed by atoms with E-state index >= 15 is 0 Å². The van der Waals surface area contributed by atoms with Crippen LogP contribution in [0.4, 0.5) is 14.9 Å². The van der Waals surface area contributed by atoms with Crippen molar-refractivity contribution in [3.63, 3.8) is 0 Å². The minimum atomic E-state index is -0.377. The number of urea groups is 1. The quantitative estimate of drug-likeness (QED) is 0.899. The third-order valence-corrected chi connectivity index (χ3v) is 4.45. The number of hydrogen-bond donors (Lipinski definition) is 1. The van der Waals surface area contributed by atoms with Crippen molar-refractivity contribution in [3.05, 3.63) is 65.5 Å². The first kappa shape index (κ1) is 18.8. The lowest BCUT2D eigenvalue weighted by Gasteiger charge is -2.31. The fraction of sp³-hybridized carbons (Fsp3) is 0.300. The first-order chi connectivity index (χ1) is 13.0. The first-order valence-electron chi connectivity index (χ1n) is 8.77. The molecule has 27 heavy (non-hydrogen) atoms. The van der Waals surface area contributed by atoms with Crippen molar-refractivity contribution >= 4 is 17.6 Å². The highest BCUT2D eigenvalue weighted by Gasteiger charge is 2.21. The Hall–Kier alpha value is -2.93. The average molecular weight is 371 g/mol. The molecule has 0 aromatic heterocycles. The van der Waals surface area contributed by atoms with Gasteiger partial charge in [-0.2, -0.15) is 0 Å². The molecule has 7 heteroatoms. The fourth-order valence-corrected chi connectivity index (χ4v) is 2.80. The van der Waals surface area contributed by atoms with Gasteiger partial charge in [0.15, 0.2) is 0 Å². The van der Waals surface area contributed by atoms with E-state index in [1.165, 1.54) is 24.3 Å². The van der Waals surface area contributed by atoms with Crippen molar-refractivity contribution in [2.45, 2.75) is 6.54 Å². The topological polar surface area (TPSA) is 61.9 Å². The molecular weight excluding hydrogens is 349 g/mol. The third-order valence-electron chi connectivity index (χ3n) is 4.45. The molecule has 2 aromatic carbocycles. The van der Waals surface area contributed by atoms with Gasteiger partial charge in [-0.05, 0) is 42.0 Å². The summed E-state index contributed by atoms with van der Waals surface area (Å²) in [5.41, 5.74) is 2.09. The lowest BCUT2D eigenvalue weighted by molar-refractivity contribution is 0.0551. The van der Waals surface area contributed by atoms with Gasteiger partial charge >= 0.3 is 6.03 Å². The van der Waals surface area contributed by atoms with Crippen molar-refractivity contribution in [1.82, 2.24) is 10.2 Å². The number of amides is 3. The number of nitrogens with one attached hydrogen (secondary N) is 1. The second-order valence-corrected chi connectivity index (χ2v) is 6.30. The number of carbonyl (C=O) groups excluding carboxylic acids is 2. The van der Waals surface area contributed by atoms with Crippen LogP contribution in [0.15, 0.2) is 48.5 Å². The average Bonchev–Trinajstić information content (AvgIpc) is 2.72. The summed E-state index contributed by atoms with van der Waals surface area (Å²) in [6, 6.07) is 12.8. The van der Waals surface area contributed by atoms with Crippen molar-refractivity contribution < 1.29 is 18.7 Å². The van der Waals surface area contributed by atoms with Crippen LogP contribution in [0, 0.1) is 5.82 Å². The lowest BCUT2D eigenvalue weighted by atomic mass is 10.1. The summed E-state index contributed by atoms with van der Waals surface area (Å²) in [5, 5.41) is 2.79. The van der Waals surface area contributed by atoms with Gasteiger partial charge in [-0.3, -0.25) is 9.69 Å². The number of hydrogen-bond acceptors (Lipinski definition) is 3. The zero-order valence-corrected chi connectivity index (χ0v) is 15.2. The second kappa shape index (κ2) is 8.64. The summed E-state index contributed by atoms with van der Waals surface area (Å²) in [4.78, 5) is 27.9. The van der Waals surface area contributed by atoms with Gasteiger partial charge in [-0.1, -0.05) is 12.1 Å². The van der Waals surface area contributed by atoms with Gasteiger partial charge in [0.2, 0.25) is 0 Å². The zero-order valence-electron chi connectivity index (χ0n) is 15.2.